The molecule has 0 radical (unpaired) electrons. The number of phenolic OH excluding ortho intramolecular Hbond substituents is 2. The maximum Gasteiger partial charge on any atom is 0.198 e. The lowest BCUT2D eigenvalue weighted by Crippen LogP contribution is -2.62. The van der Waals surface area contributed by atoms with Gasteiger partial charge in [0.15, 0.2) is 60.9 Å². The van der Waals surface area contributed by atoms with Crippen molar-refractivity contribution in [1.29, 1.82) is 0 Å². The highest BCUT2D eigenvalue weighted by atomic mass is 16.8. The Morgan fingerprint density at radius 2 is 1.05 bits per heavy atom. The van der Waals surface area contributed by atoms with Crippen LogP contribution in [0.2, 0.25) is 0 Å². The second-order valence-electron chi connectivity index (χ2n) is 24.9. The van der Waals surface area contributed by atoms with Crippen molar-refractivity contribution in [3.63, 3.8) is 0 Å². The van der Waals surface area contributed by atoms with Crippen LogP contribution in [-0.4, -0.2) is 217 Å². The predicted molar refractivity (Wildman–Crippen MR) is 286 cm³/mol. The van der Waals surface area contributed by atoms with E-state index >= 15 is 0 Å². The summed E-state index contributed by atoms with van der Waals surface area (Å²) in [5, 5.41) is 36.8. The summed E-state index contributed by atoms with van der Waals surface area (Å²) in [7, 11) is 7.70. The number of carbonyl (C=O) groups is 4. The van der Waals surface area contributed by atoms with Gasteiger partial charge in [-0.25, -0.2) is 0 Å². The van der Waals surface area contributed by atoms with Gasteiger partial charge in [-0.3, -0.25) is 19.2 Å². The Balaban J connectivity index is 0.793. The second kappa shape index (κ2) is 23.0. The van der Waals surface area contributed by atoms with Crippen LogP contribution < -0.4 is 0 Å². The quantitative estimate of drug-likeness (QED) is 0.240. The number of benzene rings is 2. The predicted octanol–water partition coefficient (Wildman–Crippen LogP) is 4.42. The van der Waals surface area contributed by atoms with Crippen LogP contribution in [0, 0.1) is 0 Å². The third-order valence-corrected chi connectivity index (χ3v) is 19.0. The second-order valence-corrected chi connectivity index (χ2v) is 24.9. The summed E-state index contributed by atoms with van der Waals surface area (Å²) in [4.78, 5) is 58.2. The number of hydrogen-bond acceptors (Lipinski definition) is 23. The van der Waals surface area contributed by atoms with Crippen molar-refractivity contribution in [2.75, 3.05) is 28.2 Å². The number of ether oxygens (including phenoxy) is 14. The van der Waals surface area contributed by atoms with Crippen molar-refractivity contribution in [3.8, 4) is 11.5 Å². The molecule has 0 saturated carbocycles. The number of ketones is 4. The number of phenols is 2. The van der Waals surface area contributed by atoms with E-state index in [0.29, 0.717) is 12.8 Å². The number of rotatable bonds is 11. The van der Waals surface area contributed by atoms with Gasteiger partial charge in [-0.1, -0.05) is 19.1 Å². The van der Waals surface area contributed by atoms with Crippen molar-refractivity contribution in [3.05, 3.63) is 57.6 Å². The maximum atomic E-state index is 14.5. The molecule has 12 rings (SSSR count). The maximum absolute atomic E-state index is 14.5. The number of aromatic hydroxyl groups is 2. The van der Waals surface area contributed by atoms with Gasteiger partial charge in [0.1, 0.15) is 66.4 Å². The van der Waals surface area contributed by atoms with Gasteiger partial charge in [0.25, 0.3) is 0 Å². The Morgan fingerprint density at radius 1 is 0.566 bits per heavy atom. The minimum Gasteiger partial charge on any atom is -0.507 e. The third-order valence-electron chi connectivity index (χ3n) is 19.0. The highest BCUT2D eigenvalue weighted by molar-refractivity contribution is 6.30. The summed E-state index contributed by atoms with van der Waals surface area (Å²) in [5.41, 5.74) is -2.14. The zero-order valence-corrected chi connectivity index (χ0v) is 48.9. The molecule has 2 aromatic carbocycles. The summed E-state index contributed by atoms with van der Waals surface area (Å²) in [6, 6.07) is 5.07. The molecule has 2 aliphatic carbocycles. The number of fused-ring (bicyclic) bond motifs is 7. The average Bonchev–Trinajstić information content (AvgIpc) is 1.44. The zero-order chi connectivity index (χ0) is 58.8. The van der Waals surface area contributed by atoms with Gasteiger partial charge >= 0.3 is 0 Å². The van der Waals surface area contributed by atoms with Gasteiger partial charge in [0.2, 0.25) is 0 Å². The van der Waals surface area contributed by atoms with Crippen molar-refractivity contribution < 1.29 is 101 Å². The minimum atomic E-state index is -1.77. The fraction of sp³-hybridized carbons (Fsp3) is 0.733. The first-order chi connectivity index (χ1) is 39.5. The normalized spacial score (nSPS) is 44.3. The highest BCUT2D eigenvalue weighted by Crippen LogP contribution is 2.55. The molecule has 0 spiro atoms. The molecule has 0 unspecified atom stereocenters. The molecule has 2 aromatic rings. The molecule has 25 atom stereocenters. The van der Waals surface area contributed by atoms with Crippen LogP contribution in [0.5, 0.6) is 11.5 Å². The van der Waals surface area contributed by atoms with Crippen molar-refractivity contribution in [2.45, 2.75) is 253 Å². The summed E-state index contributed by atoms with van der Waals surface area (Å²) in [6.45, 7) is 12.7. The average molecular weight is 1170 g/mol. The van der Waals surface area contributed by atoms with Crippen LogP contribution in [0.15, 0.2) is 24.3 Å². The Labute approximate surface area is 482 Å². The fourth-order valence-electron chi connectivity index (χ4n) is 14.4. The number of Topliss-reactive ketones (excluding diaryl/α,β-unsaturated/α-hetero) is 2. The van der Waals surface area contributed by atoms with E-state index in [2.05, 4.69) is 0 Å². The molecular formula is C60H80N2O21. The topological polar surface area (TPSA) is 265 Å². The first-order valence-corrected chi connectivity index (χ1v) is 29.6. The Bertz CT molecular complexity index is 2820. The molecule has 0 aromatic heterocycles. The first kappa shape index (κ1) is 59.4. The van der Waals surface area contributed by atoms with E-state index in [0.717, 1.165) is 0 Å². The lowest BCUT2D eigenvalue weighted by Gasteiger charge is -2.51. The minimum absolute atomic E-state index is 0.0461. The van der Waals surface area contributed by atoms with Gasteiger partial charge in [-0.05, 0) is 93.9 Å². The van der Waals surface area contributed by atoms with Gasteiger partial charge in [-0.15, -0.1) is 0 Å². The van der Waals surface area contributed by atoms with Crippen LogP contribution in [-0.2, 0) is 75.9 Å². The smallest absolute Gasteiger partial charge is 0.198 e. The van der Waals surface area contributed by atoms with E-state index in [1.54, 1.807) is 20.8 Å². The molecule has 8 fully saturated rings. The summed E-state index contributed by atoms with van der Waals surface area (Å²) >= 11 is 0. The zero-order valence-electron chi connectivity index (χ0n) is 48.9. The van der Waals surface area contributed by atoms with Gasteiger partial charge in [0.05, 0.1) is 59.5 Å². The van der Waals surface area contributed by atoms with E-state index in [1.807, 2.05) is 65.7 Å². The highest BCUT2D eigenvalue weighted by Gasteiger charge is 2.56. The monoisotopic (exact) mass is 1160 g/mol. The number of carbonyl (C=O) groups excluding carboxylic acids is 4. The summed E-state index contributed by atoms with van der Waals surface area (Å²) in [5.74, 6) is -2.40. The van der Waals surface area contributed by atoms with Crippen molar-refractivity contribution in [1.82, 2.24) is 9.80 Å². The molecule has 456 valence electrons. The molecule has 0 bridgehead atoms. The number of nitrogens with zero attached hydrogens (tertiary/aromatic N) is 2. The molecule has 8 heterocycles. The van der Waals surface area contributed by atoms with Crippen LogP contribution in [0.25, 0.3) is 0 Å². The van der Waals surface area contributed by atoms with Crippen LogP contribution >= 0.6 is 0 Å². The first-order valence-electron chi connectivity index (χ1n) is 29.6. The van der Waals surface area contributed by atoms with Crippen LogP contribution in [0.1, 0.15) is 155 Å². The molecule has 23 heteroatoms. The van der Waals surface area contributed by atoms with E-state index in [-0.39, 0.29) is 101 Å². The van der Waals surface area contributed by atoms with E-state index in [9.17, 15) is 34.5 Å². The molecule has 3 N–H and O–H groups in total. The Kier molecular flexibility index (Phi) is 16.4. The Morgan fingerprint density at radius 3 is 1.55 bits per heavy atom. The molecular weight excluding hydrogens is 1080 g/mol. The van der Waals surface area contributed by atoms with Gasteiger partial charge in [0, 0.05) is 73.7 Å². The number of likely N-dealkylation sites (N-methyl/N-ethyl adjacent to an activating group) is 2. The number of aliphatic hydroxyl groups is 1. The van der Waals surface area contributed by atoms with E-state index < -0.39 is 158 Å². The number of hydrogen-bond donors (Lipinski definition) is 3. The van der Waals surface area contributed by atoms with E-state index in [4.69, 9.17) is 66.3 Å². The third kappa shape index (κ3) is 10.8. The van der Waals surface area contributed by atoms with Crippen LogP contribution in [0.4, 0.5) is 0 Å². The lowest BCUT2D eigenvalue weighted by molar-refractivity contribution is -0.372. The van der Waals surface area contributed by atoms with Gasteiger partial charge in [-0.2, -0.15) is 0 Å². The van der Waals surface area contributed by atoms with Crippen molar-refractivity contribution in [2.24, 2.45) is 0 Å². The molecule has 0 amide bonds. The lowest BCUT2D eigenvalue weighted by atomic mass is 9.71. The largest absolute Gasteiger partial charge is 0.507 e. The van der Waals surface area contributed by atoms with Gasteiger partial charge < -0.3 is 91.4 Å². The fourth-order valence-corrected chi connectivity index (χ4v) is 14.4. The van der Waals surface area contributed by atoms with E-state index in [1.165, 1.54) is 24.3 Å². The summed E-state index contributed by atoms with van der Waals surface area (Å²) < 4.78 is 91.0. The Hall–Kier alpha value is -3.96. The molecule has 8 aliphatic heterocycles. The van der Waals surface area contributed by atoms with Crippen LogP contribution in [0.3, 0.4) is 0 Å². The molecule has 10 aliphatic rings. The SMILES string of the molecule is CC[C@]1(O)C[C@H](O[C@H]2C[C@H](N(C)C)[C@@H](O[C@@H]3C[C@@H]4O[C@@H]5CC(=O)[C@H](C)O[C@H]5O[C@H]4[C@H](C)O3)[C@@H](C)O2)c2cc3c(c(O)c2[C@H]1O[C@@H]1C[C@H](N(C)C)[C@H](O[C@H]2C[C@H]4O[C@H]5CC(=O)[C@@H](C)O[C@H]5O[C@H]4[C@@H](C)O2)[C@H](C)O1)C(=O)c1cccc(O)c1C3=O. The standard InChI is InChI=1S/C60H80N2O21/c1-12-60(69)23-42(78-43-17-33(61(8)9)53(26(4)70-43)79-45-21-38-55(28(6)72-45)82-58-40(76-38)19-36(64)24(2)74-58)31-16-32-48(50(66)30-14-13-15-35(63)47(30)51(32)67)52(68)49(31)57(60)81-44-18-34(62(10)11)54(27(5)71-44)80-46-22-39-56(29(7)73-46)83-59-41(77-39)20-37(65)25(3)75-59/h13-16,24-29,33-34,38-46,53-59,63,68-69H,12,17-23H2,1-11H3/t24-,25+,26+,27-,28-,29+,33-,34-,38-,39+,40+,41-,42-,43-,44+,45+,46-,53-,54+,55-,56-,57+,58-,59-,60-/m0/s1. The summed E-state index contributed by atoms with van der Waals surface area (Å²) in [6.07, 6.45) is -12.7. The molecule has 8 saturated heterocycles. The van der Waals surface area contributed by atoms with Crippen molar-refractivity contribution >= 4 is 23.1 Å². The molecule has 23 nitrogen and oxygen atoms in total. The molecule has 83 heavy (non-hydrogen) atoms.